The smallest absolute Gasteiger partial charge is 0.243 e. The van der Waals surface area contributed by atoms with Gasteiger partial charge in [-0.05, 0) is 65.8 Å². The van der Waals surface area contributed by atoms with E-state index in [0.29, 0.717) is 42.2 Å². The Morgan fingerprint density at radius 2 is 1.79 bits per heavy atom. The number of hydrogen-bond acceptors (Lipinski definition) is 7. The van der Waals surface area contributed by atoms with Gasteiger partial charge in [-0.2, -0.15) is 0 Å². The molecule has 2 aromatic carbocycles. The van der Waals surface area contributed by atoms with Gasteiger partial charge in [-0.3, -0.25) is 14.4 Å². The second kappa shape index (κ2) is 13.0. The lowest BCUT2D eigenvalue weighted by atomic mass is 9.95. The summed E-state index contributed by atoms with van der Waals surface area (Å²) in [7, 11) is 6.59. The number of nitrogens with one attached hydrogen (secondary N) is 3. The van der Waals surface area contributed by atoms with Gasteiger partial charge in [0.25, 0.3) is 0 Å². The van der Waals surface area contributed by atoms with Gasteiger partial charge in [0.1, 0.15) is 6.04 Å². The maximum atomic E-state index is 13.7. The Bertz CT molecular complexity index is 1530. The summed E-state index contributed by atoms with van der Waals surface area (Å²) in [5.74, 6) is 0.922. The second-order valence-corrected chi connectivity index (χ2v) is 10.8. The molecule has 1 aromatic heterocycles. The van der Waals surface area contributed by atoms with E-state index in [1.807, 2.05) is 55.9 Å². The van der Waals surface area contributed by atoms with Crippen molar-refractivity contribution in [1.82, 2.24) is 15.2 Å². The molecule has 4 rings (SSSR count). The zero-order valence-electron chi connectivity index (χ0n) is 25.3. The van der Waals surface area contributed by atoms with Gasteiger partial charge in [-0.25, -0.2) is 0 Å². The summed E-state index contributed by atoms with van der Waals surface area (Å²) < 4.78 is 19.0. The summed E-state index contributed by atoms with van der Waals surface area (Å²) in [6.07, 6.45) is 3.08. The van der Waals surface area contributed by atoms with Crippen LogP contribution in [0.25, 0.3) is 11.1 Å². The van der Waals surface area contributed by atoms with Crippen molar-refractivity contribution in [1.29, 1.82) is 0 Å². The zero-order valence-corrected chi connectivity index (χ0v) is 25.3. The third kappa shape index (κ3) is 6.22. The van der Waals surface area contributed by atoms with Crippen molar-refractivity contribution in [3.05, 3.63) is 69.6 Å². The molecule has 0 fully saturated rings. The molecule has 1 aliphatic rings. The summed E-state index contributed by atoms with van der Waals surface area (Å²) in [6.45, 7) is 5.68. The molecule has 0 unspecified atom stereocenters. The minimum atomic E-state index is -0.655. The molecule has 3 aromatic rings. The highest BCUT2D eigenvalue weighted by atomic mass is 16.5. The Morgan fingerprint density at radius 1 is 1.05 bits per heavy atom. The number of carbonyl (C=O) groups is 2. The van der Waals surface area contributed by atoms with E-state index in [2.05, 4.69) is 16.0 Å². The van der Waals surface area contributed by atoms with E-state index in [1.165, 1.54) is 6.92 Å². The SMILES string of the molecule is COc1cc2c(c(OC)c1OC)-c1ccc(N[C@@H](C(=O)NCc3cccn3C)C(C)C)c(=O)cc1[C@H](NC(C)=O)CC2. The van der Waals surface area contributed by atoms with Crippen LogP contribution in [0.4, 0.5) is 5.69 Å². The predicted octanol–water partition coefficient (Wildman–Crippen LogP) is 3.95. The van der Waals surface area contributed by atoms with Gasteiger partial charge in [-0.15, -0.1) is 0 Å². The molecular weight excluding hydrogens is 536 g/mol. The normalized spacial score (nSPS) is 14.6. The highest BCUT2D eigenvalue weighted by Gasteiger charge is 2.30. The molecule has 0 saturated carbocycles. The molecule has 1 heterocycles. The molecule has 10 heteroatoms. The molecule has 0 saturated heterocycles. The number of rotatable bonds is 10. The maximum absolute atomic E-state index is 13.7. The van der Waals surface area contributed by atoms with Crippen molar-refractivity contribution >= 4 is 17.5 Å². The summed E-state index contributed by atoms with van der Waals surface area (Å²) in [5, 5.41) is 9.20. The zero-order chi connectivity index (χ0) is 30.6. The highest BCUT2D eigenvalue weighted by Crippen LogP contribution is 2.50. The van der Waals surface area contributed by atoms with E-state index in [9.17, 15) is 14.4 Å². The van der Waals surface area contributed by atoms with E-state index in [-0.39, 0.29) is 28.8 Å². The Kier molecular flexibility index (Phi) is 9.45. The van der Waals surface area contributed by atoms with Crippen LogP contribution in [0.5, 0.6) is 17.2 Å². The van der Waals surface area contributed by atoms with Gasteiger partial charge in [-0.1, -0.05) is 19.9 Å². The van der Waals surface area contributed by atoms with Crippen molar-refractivity contribution in [3.8, 4) is 28.4 Å². The molecule has 42 heavy (non-hydrogen) atoms. The summed E-state index contributed by atoms with van der Waals surface area (Å²) in [6, 6.07) is 9.77. The molecule has 2 atom stereocenters. The Labute approximate surface area is 246 Å². The van der Waals surface area contributed by atoms with Gasteiger partial charge < -0.3 is 34.7 Å². The molecule has 0 spiro atoms. The predicted molar refractivity (Wildman–Crippen MR) is 162 cm³/mol. The van der Waals surface area contributed by atoms with E-state index < -0.39 is 12.1 Å². The fourth-order valence-corrected chi connectivity index (χ4v) is 5.50. The van der Waals surface area contributed by atoms with E-state index in [0.717, 1.165) is 22.4 Å². The van der Waals surface area contributed by atoms with Gasteiger partial charge in [0.2, 0.25) is 23.0 Å². The summed E-state index contributed by atoms with van der Waals surface area (Å²) >= 11 is 0. The van der Waals surface area contributed by atoms with Gasteiger partial charge >= 0.3 is 0 Å². The summed E-state index contributed by atoms with van der Waals surface area (Å²) in [4.78, 5) is 39.2. The first-order valence-corrected chi connectivity index (χ1v) is 14.0. The first-order valence-electron chi connectivity index (χ1n) is 14.0. The van der Waals surface area contributed by atoms with Crippen molar-refractivity contribution < 1.29 is 23.8 Å². The number of carbonyl (C=O) groups excluding carboxylic acids is 2. The molecule has 0 radical (unpaired) electrons. The van der Waals surface area contributed by atoms with Gasteiger partial charge in [0.15, 0.2) is 11.5 Å². The topological polar surface area (TPSA) is 120 Å². The number of fused-ring (bicyclic) bond motifs is 3. The average molecular weight is 577 g/mol. The minimum absolute atomic E-state index is 0.106. The monoisotopic (exact) mass is 576 g/mol. The number of ether oxygens (including phenoxy) is 3. The quantitative estimate of drug-likeness (QED) is 0.334. The minimum Gasteiger partial charge on any atom is -0.493 e. The first kappa shape index (κ1) is 30.5. The maximum Gasteiger partial charge on any atom is 0.243 e. The number of aryl methyl sites for hydroxylation is 2. The van der Waals surface area contributed by atoms with Gasteiger partial charge in [0.05, 0.1) is 39.6 Å². The molecule has 3 N–H and O–H groups in total. The Balaban J connectivity index is 1.81. The Morgan fingerprint density at radius 3 is 2.38 bits per heavy atom. The van der Waals surface area contributed by atoms with E-state index >= 15 is 0 Å². The Hall–Kier alpha value is -4.47. The van der Waals surface area contributed by atoms with Crippen LogP contribution in [0.2, 0.25) is 0 Å². The standard InChI is InChI=1S/C32H40N4O6/c1-18(2)29(32(39)33-17-21-9-8-14-36(21)4)35-25-13-11-22-23(16-26(25)38)24(34-19(3)37)12-10-20-15-27(40-5)30(41-6)31(42-7)28(20)22/h8-9,11,13-16,18,24,29H,10,12,17H2,1-7H3,(H,33,39)(H,34,37)(H,35,38)/t24-,29-/m1/s1. The number of nitrogens with zero attached hydrogens (tertiary/aromatic N) is 1. The van der Waals surface area contributed by atoms with Crippen LogP contribution in [-0.2, 0) is 29.6 Å². The number of methoxy groups -OCH3 is 3. The fourth-order valence-electron chi connectivity index (χ4n) is 5.50. The number of amides is 2. The lowest BCUT2D eigenvalue weighted by molar-refractivity contribution is -0.123. The molecule has 1 aliphatic carbocycles. The lowest BCUT2D eigenvalue weighted by Gasteiger charge is -2.22. The summed E-state index contributed by atoms with van der Waals surface area (Å²) in [5.41, 5.74) is 4.02. The van der Waals surface area contributed by atoms with Crippen molar-refractivity contribution in [2.45, 2.75) is 52.2 Å². The van der Waals surface area contributed by atoms with Crippen LogP contribution in [-0.4, -0.2) is 43.8 Å². The molecule has 0 aliphatic heterocycles. The van der Waals surface area contributed by atoms with Crippen LogP contribution in [0.1, 0.15) is 50.1 Å². The van der Waals surface area contributed by atoms with E-state index in [1.54, 1.807) is 33.5 Å². The first-order chi connectivity index (χ1) is 20.1. The lowest BCUT2D eigenvalue weighted by Crippen LogP contribution is -2.43. The van der Waals surface area contributed by atoms with E-state index in [4.69, 9.17) is 14.2 Å². The van der Waals surface area contributed by atoms with Crippen molar-refractivity contribution in [2.24, 2.45) is 13.0 Å². The van der Waals surface area contributed by atoms with Crippen molar-refractivity contribution in [3.63, 3.8) is 0 Å². The number of anilines is 1. The third-order valence-corrected chi connectivity index (χ3v) is 7.67. The number of benzene rings is 1. The number of aromatic nitrogens is 1. The van der Waals surface area contributed by atoms with Crippen molar-refractivity contribution in [2.75, 3.05) is 26.6 Å². The molecule has 2 amide bonds. The largest absolute Gasteiger partial charge is 0.493 e. The van der Waals surface area contributed by atoms with Crippen LogP contribution in [0, 0.1) is 5.92 Å². The third-order valence-electron chi connectivity index (χ3n) is 7.67. The molecule has 0 bridgehead atoms. The average Bonchev–Trinajstić information content (AvgIpc) is 3.23. The number of hydrogen-bond donors (Lipinski definition) is 3. The van der Waals surface area contributed by atoms with Crippen LogP contribution >= 0.6 is 0 Å². The second-order valence-electron chi connectivity index (χ2n) is 10.8. The van der Waals surface area contributed by atoms with Crippen LogP contribution in [0.3, 0.4) is 0 Å². The van der Waals surface area contributed by atoms with Crippen LogP contribution < -0.4 is 35.6 Å². The molecule has 224 valence electrons. The highest BCUT2D eigenvalue weighted by molar-refractivity contribution is 5.86. The molecular formula is C32H40N4O6. The van der Waals surface area contributed by atoms with Crippen LogP contribution in [0.15, 0.2) is 47.4 Å². The fraction of sp³-hybridized carbons (Fsp3) is 0.406. The van der Waals surface area contributed by atoms with Gasteiger partial charge in [0, 0.05) is 31.4 Å². The molecule has 10 nitrogen and oxygen atoms in total.